The Labute approximate surface area is 191 Å². The molecule has 0 radical (unpaired) electrons. The Balaban J connectivity index is 1.84. The van der Waals surface area contributed by atoms with Crippen LogP contribution in [0, 0.1) is 6.92 Å². The molecule has 1 saturated heterocycles. The van der Waals surface area contributed by atoms with Crippen LogP contribution in [-0.2, 0) is 0 Å². The van der Waals surface area contributed by atoms with Crippen molar-refractivity contribution in [3.63, 3.8) is 0 Å². The molecule has 0 spiro atoms. The Kier molecular flexibility index (Phi) is 7.33. The van der Waals surface area contributed by atoms with E-state index in [1.165, 1.54) is 30.3 Å². The maximum atomic E-state index is 13.7. The summed E-state index contributed by atoms with van der Waals surface area (Å²) in [5.74, 6) is -0.476. The van der Waals surface area contributed by atoms with Gasteiger partial charge in [0.1, 0.15) is 0 Å². The average molecular weight is 495 g/mol. The van der Waals surface area contributed by atoms with Gasteiger partial charge in [-0.15, -0.1) is 0 Å². The van der Waals surface area contributed by atoms with Gasteiger partial charge in [0, 0.05) is 27.6 Å². The lowest BCUT2D eigenvalue weighted by Crippen LogP contribution is -2.43. The van der Waals surface area contributed by atoms with Crippen LogP contribution < -0.4 is 5.32 Å². The third-order valence-electron chi connectivity index (χ3n) is 4.71. The maximum absolute atomic E-state index is 13.7. The maximum Gasteiger partial charge on any atom is 0.399 e. The molecule has 1 atom stereocenters. The molecule has 9 heteroatoms. The Hall–Kier alpha value is -1.34. The minimum absolute atomic E-state index is 0.0557. The lowest BCUT2D eigenvalue weighted by atomic mass is 9.96. The number of amides is 1. The summed E-state index contributed by atoms with van der Waals surface area (Å²) in [5.41, 5.74) is 1.19. The van der Waals surface area contributed by atoms with Crippen LogP contribution in [0.2, 0.25) is 15.1 Å². The van der Waals surface area contributed by atoms with E-state index in [0.29, 0.717) is 11.1 Å². The Morgan fingerprint density at radius 2 is 1.77 bits per heavy atom. The van der Waals surface area contributed by atoms with Crippen LogP contribution in [0.3, 0.4) is 0 Å². The molecule has 30 heavy (non-hydrogen) atoms. The summed E-state index contributed by atoms with van der Waals surface area (Å²) in [7, 11) is 0. The molecule has 0 aliphatic carbocycles. The standard InChI is InChI=1S/C21H17Cl3F3NOS/c1-11-17(22)7-13(8-18(11)23)16(21(25,26)27)5-3-12-2-4-15(19(24)6-12)20(29)28-14-9-30-10-14/h2-8,14,16H,9-10H2,1H3,(H,28,29)/b5-3+. The minimum atomic E-state index is -4.54. The molecule has 3 rings (SSSR count). The molecule has 1 unspecified atom stereocenters. The van der Waals surface area contributed by atoms with Gasteiger partial charge >= 0.3 is 6.18 Å². The highest BCUT2D eigenvalue weighted by Crippen LogP contribution is 2.39. The summed E-state index contributed by atoms with van der Waals surface area (Å²) < 4.78 is 41.0. The fraction of sp³-hybridized carbons (Fsp3) is 0.286. The zero-order valence-corrected chi connectivity index (χ0v) is 18.8. The second-order valence-corrected chi connectivity index (χ2v) is 9.23. The third kappa shape index (κ3) is 5.47. The highest BCUT2D eigenvalue weighted by atomic mass is 35.5. The molecule has 2 nitrogen and oxygen atoms in total. The second kappa shape index (κ2) is 9.43. The summed E-state index contributed by atoms with van der Waals surface area (Å²) in [5, 5.41) is 3.38. The van der Waals surface area contributed by atoms with Crippen molar-refractivity contribution in [3.8, 4) is 0 Å². The Morgan fingerprint density at radius 3 is 2.27 bits per heavy atom. The molecule has 1 amide bonds. The summed E-state index contributed by atoms with van der Waals surface area (Å²) in [6, 6.07) is 7.18. The summed E-state index contributed by atoms with van der Waals surface area (Å²) >= 11 is 20.0. The first-order chi connectivity index (χ1) is 14.1. The number of hydrogen-bond donors (Lipinski definition) is 1. The first-order valence-electron chi connectivity index (χ1n) is 8.95. The van der Waals surface area contributed by atoms with Crippen molar-refractivity contribution in [1.82, 2.24) is 5.32 Å². The quantitative estimate of drug-likeness (QED) is 0.478. The van der Waals surface area contributed by atoms with Crippen LogP contribution >= 0.6 is 46.6 Å². The predicted molar refractivity (Wildman–Crippen MR) is 119 cm³/mol. The number of allylic oxidation sites excluding steroid dienone is 1. The minimum Gasteiger partial charge on any atom is -0.348 e. The van der Waals surface area contributed by atoms with E-state index in [0.717, 1.165) is 17.6 Å². The van der Waals surface area contributed by atoms with Gasteiger partial charge in [-0.25, -0.2) is 0 Å². The van der Waals surface area contributed by atoms with Gasteiger partial charge in [0.15, 0.2) is 0 Å². The van der Waals surface area contributed by atoms with E-state index in [4.69, 9.17) is 34.8 Å². The first-order valence-corrected chi connectivity index (χ1v) is 11.2. The van der Waals surface area contributed by atoms with Crippen LogP contribution in [0.15, 0.2) is 36.4 Å². The van der Waals surface area contributed by atoms with Gasteiger partial charge in [-0.2, -0.15) is 24.9 Å². The van der Waals surface area contributed by atoms with Gasteiger partial charge in [0.2, 0.25) is 0 Å². The average Bonchev–Trinajstić information content (AvgIpc) is 2.61. The number of carbonyl (C=O) groups is 1. The summed E-state index contributed by atoms with van der Waals surface area (Å²) in [6.45, 7) is 1.64. The van der Waals surface area contributed by atoms with Crippen molar-refractivity contribution >= 4 is 58.5 Å². The van der Waals surface area contributed by atoms with E-state index in [-0.39, 0.29) is 38.1 Å². The molecule has 1 aliphatic rings. The molecular weight excluding hydrogens is 478 g/mol. The van der Waals surface area contributed by atoms with Crippen molar-refractivity contribution < 1.29 is 18.0 Å². The van der Waals surface area contributed by atoms with E-state index >= 15 is 0 Å². The van der Waals surface area contributed by atoms with E-state index in [1.807, 2.05) is 0 Å². The Bertz CT molecular complexity index is 967. The SMILES string of the molecule is Cc1c(Cl)cc(C(/C=C/c2ccc(C(=O)NC3CSC3)c(Cl)c2)C(F)(F)F)cc1Cl. The molecule has 0 bridgehead atoms. The normalized spacial score (nSPS) is 15.8. The van der Waals surface area contributed by atoms with Crippen LogP contribution in [0.1, 0.15) is 33.0 Å². The van der Waals surface area contributed by atoms with E-state index < -0.39 is 12.1 Å². The van der Waals surface area contributed by atoms with Crippen molar-refractivity contribution in [2.45, 2.75) is 25.1 Å². The highest BCUT2D eigenvalue weighted by Gasteiger charge is 2.39. The van der Waals surface area contributed by atoms with Crippen molar-refractivity contribution in [2.24, 2.45) is 0 Å². The van der Waals surface area contributed by atoms with Crippen LogP contribution in [0.4, 0.5) is 13.2 Å². The van der Waals surface area contributed by atoms with E-state index in [9.17, 15) is 18.0 Å². The van der Waals surface area contributed by atoms with Crippen molar-refractivity contribution in [3.05, 3.63) is 73.7 Å². The number of benzene rings is 2. The Morgan fingerprint density at radius 1 is 1.13 bits per heavy atom. The van der Waals surface area contributed by atoms with Gasteiger partial charge in [-0.1, -0.05) is 53.0 Å². The lowest BCUT2D eigenvalue weighted by Gasteiger charge is -2.26. The van der Waals surface area contributed by atoms with Gasteiger partial charge in [-0.3, -0.25) is 4.79 Å². The third-order valence-corrected chi connectivity index (χ3v) is 7.08. The van der Waals surface area contributed by atoms with Crippen LogP contribution in [0.25, 0.3) is 6.08 Å². The van der Waals surface area contributed by atoms with Gasteiger partial charge < -0.3 is 5.32 Å². The fourth-order valence-electron chi connectivity index (χ4n) is 2.86. The molecule has 1 N–H and O–H groups in total. The van der Waals surface area contributed by atoms with Gasteiger partial charge in [-0.05, 0) is 47.9 Å². The molecule has 2 aromatic carbocycles. The number of thioether (sulfide) groups is 1. The summed E-state index contributed by atoms with van der Waals surface area (Å²) in [4.78, 5) is 12.3. The topological polar surface area (TPSA) is 29.1 Å². The molecule has 1 fully saturated rings. The lowest BCUT2D eigenvalue weighted by molar-refractivity contribution is -0.139. The highest BCUT2D eigenvalue weighted by molar-refractivity contribution is 8.00. The van der Waals surface area contributed by atoms with Crippen LogP contribution in [-0.4, -0.2) is 29.6 Å². The predicted octanol–water partition coefficient (Wildman–Crippen LogP) is 7.16. The second-order valence-electron chi connectivity index (χ2n) is 6.94. The summed E-state index contributed by atoms with van der Waals surface area (Å²) in [6.07, 6.45) is -2.20. The van der Waals surface area contributed by atoms with Crippen molar-refractivity contribution in [1.29, 1.82) is 0 Å². The zero-order valence-electron chi connectivity index (χ0n) is 15.7. The van der Waals surface area contributed by atoms with Gasteiger partial charge in [0.25, 0.3) is 5.91 Å². The molecule has 0 saturated carbocycles. The van der Waals surface area contributed by atoms with E-state index in [1.54, 1.807) is 24.8 Å². The number of rotatable bonds is 5. The van der Waals surface area contributed by atoms with Crippen molar-refractivity contribution in [2.75, 3.05) is 11.5 Å². The molecule has 1 aliphatic heterocycles. The molecular formula is C21H17Cl3F3NOS. The van der Waals surface area contributed by atoms with E-state index in [2.05, 4.69) is 5.32 Å². The first kappa shape index (κ1) is 23.3. The number of nitrogens with one attached hydrogen (secondary N) is 1. The van der Waals surface area contributed by atoms with Gasteiger partial charge in [0.05, 0.1) is 16.5 Å². The number of carbonyl (C=O) groups excluding carboxylic acids is 1. The molecule has 160 valence electrons. The van der Waals surface area contributed by atoms with Crippen LogP contribution in [0.5, 0.6) is 0 Å². The molecule has 2 aromatic rings. The number of hydrogen-bond acceptors (Lipinski definition) is 2. The molecule has 1 heterocycles. The fourth-order valence-corrected chi connectivity index (χ4v) is 4.28. The zero-order chi connectivity index (χ0) is 22.1. The monoisotopic (exact) mass is 493 g/mol. The number of alkyl halides is 3. The number of halogens is 6. The molecule has 0 aromatic heterocycles. The smallest absolute Gasteiger partial charge is 0.348 e. The largest absolute Gasteiger partial charge is 0.399 e.